The molecule has 10 heteroatoms. The number of nitrogens with zero attached hydrogens (tertiary/aromatic N) is 5. The SMILES string of the molecule is Cc1nn(C)c(C)c1NC(=O)[C@@H](C)Sc1nnc(COc2ccccc2Cl)n1C1CC1. The van der Waals surface area contributed by atoms with Crippen LogP contribution in [-0.2, 0) is 18.4 Å². The van der Waals surface area contributed by atoms with Crippen molar-refractivity contribution in [2.24, 2.45) is 7.05 Å². The third-order valence-corrected chi connectivity index (χ3v) is 6.62. The number of benzene rings is 1. The molecule has 0 saturated heterocycles. The van der Waals surface area contributed by atoms with E-state index in [-0.39, 0.29) is 17.8 Å². The molecule has 164 valence electrons. The topological polar surface area (TPSA) is 86.9 Å². The van der Waals surface area contributed by atoms with Gasteiger partial charge in [0.05, 0.1) is 27.3 Å². The van der Waals surface area contributed by atoms with Crippen LogP contribution in [0.4, 0.5) is 5.69 Å². The van der Waals surface area contributed by atoms with Gasteiger partial charge in [0.2, 0.25) is 5.91 Å². The molecule has 8 nitrogen and oxygen atoms in total. The third-order valence-electron chi connectivity index (χ3n) is 5.25. The summed E-state index contributed by atoms with van der Waals surface area (Å²) >= 11 is 7.58. The van der Waals surface area contributed by atoms with Crippen molar-refractivity contribution in [3.8, 4) is 5.75 Å². The lowest BCUT2D eigenvalue weighted by molar-refractivity contribution is -0.115. The summed E-state index contributed by atoms with van der Waals surface area (Å²) in [7, 11) is 1.86. The van der Waals surface area contributed by atoms with Crippen LogP contribution in [-0.4, -0.2) is 35.7 Å². The van der Waals surface area contributed by atoms with Crippen LogP contribution < -0.4 is 10.1 Å². The number of aromatic nitrogens is 5. The molecule has 3 aromatic rings. The summed E-state index contributed by atoms with van der Waals surface area (Å²) in [6, 6.07) is 7.69. The number of hydrogen-bond acceptors (Lipinski definition) is 6. The highest BCUT2D eigenvalue weighted by Gasteiger charge is 2.31. The summed E-state index contributed by atoms with van der Waals surface area (Å²) < 4.78 is 9.71. The third kappa shape index (κ3) is 4.72. The predicted octanol–water partition coefficient (Wildman–Crippen LogP) is 4.32. The zero-order chi connectivity index (χ0) is 22.1. The first-order chi connectivity index (χ1) is 14.8. The number of rotatable bonds is 8. The number of carbonyl (C=O) groups is 1. The van der Waals surface area contributed by atoms with Gasteiger partial charge in [0.15, 0.2) is 11.0 Å². The van der Waals surface area contributed by atoms with Crippen molar-refractivity contribution >= 4 is 35.0 Å². The molecule has 2 heterocycles. The van der Waals surface area contributed by atoms with Gasteiger partial charge in [-0.25, -0.2) is 0 Å². The molecule has 0 unspecified atom stereocenters. The lowest BCUT2D eigenvalue weighted by Gasteiger charge is -2.14. The Hall–Kier alpha value is -2.52. The monoisotopic (exact) mass is 460 g/mol. The molecule has 1 N–H and O–H groups in total. The number of nitrogens with one attached hydrogen (secondary N) is 1. The minimum atomic E-state index is -0.349. The fraction of sp³-hybridized carbons (Fsp3) is 0.429. The first-order valence-electron chi connectivity index (χ1n) is 10.1. The number of carbonyl (C=O) groups excluding carboxylic acids is 1. The Bertz CT molecular complexity index is 1110. The van der Waals surface area contributed by atoms with E-state index in [2.05, 4.69) is 25.2 Å². The van der Waals surface area contributed by atoms with E-state index in [9.17, 15) is 4.79 Å². The Kier molecular flexibility index (Phi) is 6.24. The fourth-order valence-electron chi connectivity index (χ4n) is 3.28. The molecule has 1 saturated carbocycles. The van der Waals surface area contributed by atoms with Gasteiger partial charge in [-0.1, -0.05) is 35.5 Å². The van der Waals surface area contributed by atoms with E-state index in [1.165, 1.54) is 11.8 Å². The Balaban J connectivity index is 1.45. The van der Waals surface area contributed by atoms with E-state index in [1.807, 2.05) is 46.0 Å². The molecule has 1 aliphatic rings. The van der Waals surface area contributed by atoms with Crippen molar-refractivity contribution in [1.29, 1.82) is 0 Å². The second kappa shape index (κ2) is 8.92. The van der Waals surface area contributed by atoms with Crippen molar-refractivity contribution in [2.45, 2.75) is 56.7 Å². The summed E-state index contributed by atoms with van der Waals surface area (Å²) in [5.74, 6) is 1.25. The van der Waals surface area contributed by atoms with Gasteiger partial charge in [-0.05, 0) is 45.7 Å². The van der Waals surface area contributed by atoms with E-state index in [1.54, 1.807) is 10.7 Å². The maximum Gasteiger partial charge on any atom is 0.237 e. The molecule has 0 bridgehead atoms. The highest BCUT2D eigenvalue weighted by Crippen LogP contribution is 2.40. The van der Waals surface area contributed by atoms with E-state index >= 15 is 0 Å². The summed E-state index contributed by atoms with van der Waals surface area (Å²) in [6.07, 6.45) is 2.14. The average molecular weight is 461 g/mol. The second-order valence-corrected chi connectivity index (χ2v) is 9.35. The molecule has 0 spiro atoms. The Morgan fingerprint density at radius 3 is 2.71 bits per heavy atom. The lowest BCUT2D eigenvalue weighted by Crippen LogP contribution is -2.23. The number of ether oxygens (including phenoxy) is 1. The average Bonchev–Trinajstić information content (AvgIpc) is 3.46. The molecule has 0 aliphatic heterocycles. The van der Waals surface area contributed by atoms with Gasteiger partial charge in [0, 0.05) is 13.1 Å². The summed E-state index contributed by atoms with van der Waals surface area (Å²) in [4.78, 5) is 12.8. The van der Waals surface area contributed by atoms with E-state index in [0.717, 1.165) is 40.9 Å². The molecule has 1 aliphatic carbocycles. The van der Waals surface area contributed by atoms with Crippen LogP contribution in [0.3, 0.4) is 0 Å². The van der Waals surface area contributed by atoms with Crippen molar-refractivity contribution in [1.82, 2.24) is 24.5 Å². The summed E-state index contributed by atoms with van der Waals surface area (Å²) in [5, 5.41) is 17.0. The van der Waals surface area contributed by atoms with Gasteiger partial charge >= 0.3 is 0 Å². The Labute approximate surface area is 190 Å². The van der Waals surface area contributed by atoms with Crippen LogP contribution in [0.2, 0.25) is 5.02 Å². The van der Waals surface area contributed by atoms with Crippen LogP contribution in [0.15, 0.2) is 29.4 Å². The maximum atomic E-state index is 12.8. The van der Waals surface area contributed by atoms with Crippen molar-refractivity contribution < 1.29 is 9.53 Å². The van der Waals surface area contributed by atoms with Gasteiger partial charge in [-0.15, -0.1) is 10.2 Å². The highest BCUT2D eigenvalue weighted by molar-refractivity contribution is 8.00. The number of para-hydroxylation sites is 1. The minimum absolute atomic E-state index is 0.0941. The molecule has 1 amide bonds. The zero-order valence-corrected chi connectivity index (χ0v) is 19.5. The fourth-order valence-corrected chi connectivity index (χ4v) is 4.41. The largest absolute Gasteiger partial charge is 0.484 e. The minimum Gasteiger partial charge on any atom is -0.484 e. The van der Waals surface area contributed by atoms with Crippen LogP contribution in [0.1, 0.15) is 43.0 Å². The number of anilines is 1. The molecular weight excluding hydrogens is 436 g/mol. The summed E-state index contributed by atoms with van der Waals surface area (Å²) in [6.45, 7) is 5.95. The molecule has 31 heavy (non-hydrogen) atoms. The van der Waals surface area contributed by atoms with Crippen LogP contribution >= 0.6 is 23.4 Å². The standard InChI is InChI=1S/C21H25ClN6O2S/c1-12-19(13(2)27(4)26-12)23-20(29)14(3)31-21-25-24-18(28(21)15-9-10-15)11-30-17-8-6-5-7-16(17)22/h5-8,14-15H,9-11H2,1-4H3,(H,23,29)/t14-/m1/s1. The molecule has 0 radical (unpaired) electrons. The van der Waals surface area contributed by atoms with Gasteiger partial charge in [-0.3, -0.25) is 14.0 Å². The van der Waals surface area contributed by atoms with Crippen LogP contribution in [0, 0.1) is 13.8 Å². The van der Waals surface area contributed by atoms with Crippen molar-refractivity contribution in [2.75, 3.05) is 5.32 Å². The van der Waals surface area contributed by atoms with Gasteiger partial charge in [-0.2, -0.15) is 5.10 Å². The van der Waals surface area contributed by atoms with Crippen molar-refractivity contribution in [3.05, 3.63) is 46.5 Å². The smallest absolute Gasteiger partial charge is 0.237 e. The predicted molar refractivity (Wildman–Crippen MR) is 121 cm³/mol. The highest BCUT2D eigenvalue weighted by atomic mass is 35.5. The first kappa shape index (κ1) is 21.7. The zero-order valence-electron chi connectivity index (χ0n) is 17.9. The quantitative estimate of drug-likeness (QED) is 0.504. The molecular formula is C21H25ClN6O2S. The lowest BCUT2D eigenvalue weighted by atomic mass is 10.3. The van der Waals surface area contributed by atoms with Gasteiger partial charge in [0.25, 0.3) is 0 Å². The number of halogens is 1. The Morgan fingerprint density at radius 1 is 1.32 bits per heavy atom. The van der Waals surface area contributed by atoms with E-state index < -0.39 is 0 Å². The van der Waals surface area contributed by atoms with Crippen molar-refractivity contribution in [3.63, 3.8) is 0 Å². The molecule has 1 atom stereocenters. The normalized spacial score (nSPS) is 14.5. The second-order valence-electron chi connectivity index (χ2n) is 7.64. The van der Waals surface area contributed by atoms with Gasteiger partial charge < -0.3 is 10.1 Å². The molecule has 1 fully saturated rings. The maximum absolute atomic E-state index is 12.8. The number of hydrogen-bond donors (Lipinski definition) is 1. The molecule has 1 aromatic carbocycles. The van der Waals surface area contributed by atoms with E-state index in [0.29, 0.717) is 16.8 Å². The molecule has 4 rings (SSSR count). The number of thioether (sulfide) groups is 1. The summed E-state index contributed by atoms with van der Waals surface area (Å²) in [5.41, 5.74) is 2.48. The Morgan fingerprint density at radius 2 is 2.06 bits per heavy atom. The van der Waals surface area contributed by atoms with Crippen LogP contribution in [0.5, 0.6) is 5.75 Å². The number of aryl methyl sites for hydroxylation is 2. The van der Waals surface area contributed by atoms with E-state index in [4.69, 9.17) is 16.3 Å². The van der Waals surface area contributed by atoms with Gasteiger partial charge in [0.1, 0.15) is 12.4 Å². The molecule has 2 aromatic heterocycles. The number of amides is 1. The van der Waals surface area contributed by atoms with Crippen LogP contribution in [0.25, 0.3) is 0 Å². The first-order valence-corrected chi connectivity index (χ1v) is 11.4.